The Balaban J connectivity index is 0.000000280. The molecule has 2 saturated heterocycles. The fourth-order valence-electron chi connectivity index (χ4n) is 2.49. The van der Waals surface area contributed by atoms with Crippen LogP contribution < -0.4 is 21.3 Å². The minimum absolute atomic E-state index is 0.292. The lowest BCUT2D eigenvalue weighted by molar-refractivity contribution is 0.0479. The van der Waals surface area contributed by atoms with Gasteiger partial charge in [0.2, 0.25) is 0 Å². The van der Waals surface area contributed by atoms with E-state index in [2.05, 4.69) is 21.3 Å². The molecule has 0 spiro atoms. The summed E-state index contributed by atoms with van der Waals surface area (Å²) in [4.78, 5) is 22.5. The van der Waals surface area contributed by atoms with Crippen LogP contribution in [-0.4, -0.2) is 74.0 Å². The SMILES string of the molecule is CC(C)(C)OC(=O)N[C@@H]1CNC[C@@H]1F.CC(C)(C)OC(=O)N[C@H]1CNC[C@H]1F. The first-order valence-corrected chi connectivity index (χ1v) is 9.45. The molecule has 8 nitrogen and oxygen atoms in total. The summed E-state index contributed by atoms with van der Waals surface area (Å²) in [5, 5.41) is 10.7. The molecular weight excluding hydrogens is 374 g/mol. The van der Waals surface area contributed by atoms with Crippen molar-refractivity contribution >= 4 is 12.2 Å². The van der Waals surface area contributed by atoms with Crippen molar-refractivity contribution in [3.05, 3.63) is 0 Å². The highest BCUT2D eigenvalue weighted by Crippen LogP contribution is 2.10. The van der Waals surface area contributed by atoms with Gasteiger partial charge in [0.05, 0.1) is 12.1 Å². The first-order valence-electron chi connectivity index (χ1n) is 9.45. The van der Waals surface area contributed by atoms with Crippen molar-refractivity contribution in [2.24, 2.45) is 0 Å². The van der Waals surface area contributed by atoms with Gasteiger partial charge in [0.15, 0.2) is 0 Å². The molecule has 0 aromatic carbocycles. The van der Waals surface area contributed by atoms with Gasteiger partial charge < -0.3 is 30.7 Å². The Hall–Kier alpha value is -1.68. The molecule has 2 fully saturated rings. The predicted octanol–water partition coefficient (Wildman–Crippen LogP) is 1.64. The maximum Gasteiger partial charge on any atom is 0.408 e. The van der Waals surface area contributed by atoms with Gasteiger partial charge in [0.1, 0.15) is 23.5 Å². The zero-order valence-electron chi connectivity index (χ0n) is 17.5. The minimum Gasteiger partial charge on any atom is -0.444 e. The molecule has 4 N–H and O–H groups in total. The molecule has 2 heterocycles. The lowest BCUT2D eigenvalue weighted by atomic mass is 10.2. The van der Waals surface area contributed by atoms with Gasteiger partial charge in [0.25, 0.3) is 0 Å². The molecule has 2 aliphatic heterocycles. The first kappa shape index (κ1) is 24.4. The van der Waals surface area contributed by atoms with Crippen LogP contribution in [0, 0.1) is 0 Å². The van der Waals surface area contributed by atoms with Crippen molar-refractivity contribution in [2.75, 3.05) is 26.2 Å². The van der Waals surface area contributed by atoms with Crippen molar-refractivity contribution in [2.45, 2.75) is 77.2 Å². The summed E-state index contributed by atoms with van der Waals surface area (Å²) in [5.41, 5.74) is -1.08. The van der Waals surface area contributed by atoms with Crippen molar-refractivity contribution < 1.29 is 27.8 Å². The van der Waals surface area contributed by atoms with Gasteiger partial charge >= 0.3 is 12.2 Å². The predicted molar refractivity (Wildman–Crippen MR) is 102 cm³/mol. The van der Waals surface area contributed by atoms with Crippen LogP contribution in [0.1, 0.15) is 41.5 Å². The first-order chi connectivity index (χ1) is 12.8. The molecule has 164 valence electrons. The van der Waals surface area contributed by atoms with E-state index in [-0.39, 0.29) is 0 Å². The summed E-state index contributed by atoms with van der Waals surface area (Å²) in [6.07, 6.45) is -3.17. The number of hydrogen-bond acceptors (Lipinski definition) is 6. The maximum atomic E-state index is 13.0. The number of carbonyl (C=O) groups excluding carboxylic acids is 2. The summed E-state index contributed by atoms with van der Waals surface area (Å²) in [5.74, 6) is 0. The Labute approximate surface area is 165 Å². The van der Waals surface area contributed by atoms with Crippen molar-refractivity contribution in [3.63, 3.8) is 0 Å². The van der Waals surface area contributed by atoms with E-state index in [0.29, 0.717) is 26.2 Å². The minimum atomic E-state index is -1.03. The number of carbonyl (C=O) groups is 2. The van der Waals surface area contributed by atoms with E-state index in [1.807, 2.05) is 0 Å². The summed E-state index contributed by atoms with van der Waals surface area (Å²) in [7, 11) is 0. The Bertz CT molecular complexity index is 477. The number of halogens is 2. The summed E-state index contributed by atoms with van der Waals surface area (Å²) >= 11 is 0. The maximum absolute atomic E-state index is 13.0. The normalized spacial score (nSPS) is 27.4. The third-order valence-corrected chi connectivity index (χ3v) is 3.68. The van der Waals surface area contributed by atoms with E-state index in [0.717, 1.165) is 0 Å². The number of rotatable bonds is 2. The lowest BCUT2D eigenvalue weighted by Gasteiger charge is -2.22. The molecule has 0 bridgehead atoms. The van der Waals surface area contributed by atoms with Gasteiger partial charge in [-0.05, 0) is 41.5 Å². The van der Waals surface area contributed by atoms with Crippen LogP contribution in [0.3, 0.4) is 0 Å². The second-order valence-electron chi connectivity index (χ2n) is 8.85. The number of alkyl carbamates (subject to hydrolysis) is 2. The van der Waals surface area contributed by atoms with Gasteiger partial charge in [-0.2, -0.15) is 0 Å². The lowest BCUT2D eigenvalue weighted by Crippen LogP contribution is -2.43. The quantitative estimate of drug-likeness (QED) is 0.554. The van der Waals surface area contributed by atoms with E-state index in [4.69, 9.17) is 9.47 Å². The molecule has 2 rings (SSSR count). The zero-order valence-corrected chi connectivity index (χ0v) is 17.5. The van der Waals surface area contributed by atoms with Crippen molar-refractivity contribution in [1.29, 1.82) is 0 Å². The van der Waals surface area contributed by atoms with Crippen LogP contribution in [0.25, 0.3) is 0 Å². The Kier molecular flexibility index (Phi) is 8.87. The van der Waals surface area contributed by atoms with E-state index >= 15 is 0 Å². The molecule has 4 atom stereocenters. The molecule has 0 aliphatic carbocycles. The highest BCUT2D eigenvalue weighted by Gasteiger charge is 2.30. The number of ether oxygens (including phenoxy) is 2. The number of nitrogens with one attached hydrogen (secondary N) is 4. The number of alkyl halides is 2. The standard InChI is InChI=1S/2C9H17FN2O2/c2*1-9(2,3)14-8(13)12-7-5-11-4-6(7)10/h2*6-7,11H,4-5H2,1-3H3,(H,12,13)/t2*6-,7+/m10/s1. The van der Waals surface area contributed by atoms with Gasteiger partial charge in [0, 0.05) is 26.2 Å². The second kappa shape index (κ2) is 10.2. The molecule has 10 heteroatoms. The number of amides is 2. The summed E-state index contributed by atoms with van der Waals surface area (Å²) in [6, 6.07) is -0.935. The Morgan fingerprint density at radius 1 is 0.750 bits per heavy atom. The molecule has 2 aliphatic rings. The average molecular weight is 408 g/mol. The summed E-state index contributed by atoms with van der Waals surface area (Å²) < 4.78 is 36.1. The van der Waals surface area contributed by atoms with Crippen LogP contribution in [0.2, 0.25) is 0 Å². The highest BCUT2D eigenvalue weighted by atomic mass is 19.1. The molecule has 0 aromatic rings. The fourth-order valence-corrected chi connectivity index (χ4v) is 2.49. The van der Waals surface area contributed by atoms with E-state index in [1.165, 1.54) is 0 Å². The van der Waals surface area contributed by atoms with Crippen LogP contribution >= 0.6 is 0 Å². The smallest absolute Gasteiger partial charge is 0.408 e. The Morgan fingerprint density at radius 3 is 1.29 bits per heavy atom. The van der Waals surface area contributed by atoms with Gasteiger partial charge in [-0.1, -0.05) is 0 Å². The summed E-state index contributed by atoms with van der Waals surface area (Å²) in [6.45, 7) is 12.1. The molecule has 0 aromatic heterocycles. The van der Waals surface area contributed by atoms with Crippen LogP contribution in [0.5, 0.6) is 0 Å². The van der Waals surface area contributed by atoms with Crippen molar-refractivity contribution in [3.8, 4) is 0 Å². The topological polar surface area (TPSA) is 101 Å². The van der Waals surface area contributed by atoms with Gasteiger partial charge in [-0.3, -0.25) is 0 Å². The van der Waals surface area contributed by atoms with Crippen LogP contribution in [0.4, 0.5) is 18.4 Å². The largest absolute Gasteiger partial charge is 0.444 e. The van der Waals surface area contributed by atoms with E-state index < -0.39 is 47.8 Å². The van der Waals surface area contributed by atoms with Crippen LogP contribution in [0.15, 0.2) is 0 Å². The fraction of sp³-hybridized carbons (Fsp3) is 0.889. The average Bonchev–Trinajstić information content (AvgIpc) is 3.05. The van der Waals surface area contributed by atoms with Gasteiger partial charge in [-0.15, -0.1) is 0 Å². The molecule has 28 heavy (non-hydrogen) atoms. The number of hydrogen-bond donors (Lipinski definition) is 4. The van der Waals surface area contributed by atoms with E-state index in [1.54, 1.807) is 41.5 Å². The van der Waals surface area contributed by atoms with Crippen molar-refractivity contribution in [1.82, 2.24) is 21.3 Å². The second-order valence-corrected chi connectivity index (χ2v) is 8.85. The molecule has 2 amide bonds. The third-order valence-electron chi connectivity index (χ3n) is 3.68. The third kappa shape index (κ3) is 10.0. The molecule has 0 unspecified atom stereocenters. The molecule has 0 radical (unpaired) electrons. The zero-order chi connectivity index (χ0) is 21.5. The molecular formula is C18H34F2N4O4. The van der Waals surface area contributed by atoms with Crippen LogP contribution in [-0.2, 0) is 9.47 Å². The van der Waals surface area contributed by atoms with Gasteiger partial charge in [-0.25, -0.2) is 18.4 Å². The highest BCUT2D eigenvalue weighted by molar-refractivity contribution is 5.68. The Morgan fingerprint density at radius 2 is 1.07 bits per heavy atom. The van der Waals surface area contributed by atoms with E-state index in [9.17, 15) is 18.4 Å². The molecule has 0 saturated carbocycles. The monoisotopic (exact) mass is 408 g/mol.